The lowest BCUT2D eigenvalue weighted by Crippen LogP contribution is -2.46. The van der Waals surface area contributed by atoms with Crippen LogP contribution in [0.3, 0.4) is 0 Å². The second-order valence-corrected chi connectivity index (χ2v) is 5.32. The molecule has 2 amide bonds. The van der Waals surface area contributed by atoms with Crippen molar-refractivity contribution >= 4 is 11.7 Å². The number of nitrogens with zero attached hydrogens (tertiary/aromatic N) is 3. The number of alkyl halides is 3. The van der Waals surface area contributed by atoms with E-state index in [1.54, 1.807) is 6.92 Å². The lowest BCUT2D eigenvalue weighted by molar-refractivity contribution is -0.263. The minimum atomic E-state index is -4.69. The molecule has 22 heavy (non-hydrogen) atoms. The first-order chi connectivity index (χ1) is 10.2. The quantitative estimate of drug-likeness (QED) is 0.831. The number of likely N-dealkylation sites (tertiary alicyclic amines) is 1. The summed E-state index contributed by atoms with van der Waals surface area (Å²) in [5.41, 5.74) is -2.36. The van der Waals surface area contributed by atoms with E-state index in [1.807, 2.05) is 0 Å². The van der Waals surface area contributed by atoms with E-state index >= 15 is 0 Å². The largest absolute Gasteiger partial charge is 0.417 e. The van der Waals surface area contributed by atoms with Crippen LogP contribution in [0.4, 0.5) is 23.7 Å². The van der Waals surface area contributed by atoms with E-state index in [0.29, 0.717) is 11.5 Å². The minimum Gasteiger partial charge on any atom is -0.380 e. The number of rotatable bonds is 1. The Bertz CT molecular complexity index is 535. The molecule has 0 bridgehead atoms. The van der Waals surface area contributed by atoms with Gasteiger partial charge in [0.1, 0.15) is 5.82 Å². The van der Waals surface area contributed by atoms with Crippen LogP contribution >= 0.6 is 0 Å². The van der Waals surface area contributed by atoms with Gasteiger partial charge >= 0.3 is 12.2 Å². The van der Waals surface area contributed by atoms with Gasteiger partial charge in [0, 0.05) is 19.5 Å². The Kier molecular flexibility index (Phi) is 4.55. The molecule has 6 nitrogen and oxygen atoms in total. The van der Waals surface area contributed by atoms with E-state index in [4.69, 9.17) is 0 Å². The molecule has 122 valence electrons. The van der Waals surface area contributed by atoms with E-state index < -0.39 is 30.7 Å². The maximum Gasteiger partial charge on any atom is 0.417 e. The predicted molar refractivity (Wildman–Crippen MR) is 72.2 cm³/mol. The van der Waals surface area contributed by atoms with Crippen molar-refractivity contribution in [1.82, 2.24) is 14.9 Å². The number of carbonyl (C=O) groups excluding carboxylic acids is 1. The van der Waals surface area contributed by atoms with Gasteiger partial charge in [-0.1, -0.05) is 0 Å². The number of urea groups is 1. The Morgan fingerprint density at radius 3 is 2.55 bits per heavy atom. The number of aliphatic hydroxyl groups is 1. The number of anilines is 1. The summed E-state index contributed by atoms with van der Waals surface area (Å²) in [6.45, 7) is 1.67. The molecule has 1 fully saturated rings. The van der Waals surface area contributed by atoms with Gasteiger partial charge in [-0.15, -0.1) is 0 Å². The van der Waals surface area contributed by atoms with Gasteiger partial charge in [0.2, 0.25) is 0 Å². The first-order valence-electron chi connectivity index (χ1n) is 6.85. The van der Waals surface area contributed by atoms with E-state index in [2.05, 4.69) is 15.3 Å². The van der Waals surface area contributed by atoms with E-state index in [9.17, 15) is 23.1 Å². The zero-order valence-electron chi connectivity index (χ0n) is 12.0. The van der Waals surface area contributed by atoms with Crippen molar-refractivity contribution in [2.45, 2.75) is 38.0 Å². The maximum atomic E-state index is 12.8. The molecule has 9 heteroatoms. The van der Waals surface area contributed by atoms with Crippen molar-refractivity contribution in [1.29, 1.82) is 0 Å². The molecule has 2 N–H and O–H groups in total. The molecule has 1 aliphatic heterocycles. The van der Waals surface area contributed by atoms with Crippen LogP contribution in [0.25, 0.3) is 0 Å². The van der Waals surface area contributed by atoms with Crippen LogP contribution in [-0.4, -0.2) is 50.9 Å². The topological polar surface area (TPSA) is 78.4 Å². The molecular weight excluding hydrogens is 301 g/mol. The van der Waals surface area contributed by atoms with Crippen LogP contribution in [0, 0.1) is 6.92 Å². The predicted octanol–water partition coefficient (Wildman–Crippen LogP) is 2.10. The zero-order valence-corrected chi connectivity index (χ0v) is 12.0. The number of nitrogens with one attached hydrogen (secondary N) is 1. The van der Waals surface area contributed by atoms with E-state index in [1.165, 1.54) is 17.3 Å². The summed E-state index contributed by atoms with van der Waals surface area (Å²) in [6, 6.07) is -0.529. The molecule has 2 heterocycles. The van der Waals surface area contributed by atoms with Gasteiger partial charge in [0.05, 0.1) is 18.1 Å². The fourth-order valence-corrected chi connectivity index (χ4v) is 2.27. The number of hydrogen-bond donors (Lipinski definition) is 2. The van der Waals surface area contributed by atoms with Gasteiger partial charge in [-0.2, -0.15) is 13.2 Å². The van der Waals surface area contributed by atoms with Gasteiger partial charge in [-0.3, -0.25) is 0 Å². The fourth-order valence-electron chi connectivity index (χ4n) is 2.27. The fraction of sp³-hybridized carbons (Fsp3) is 0.615. The third-order valence-electron chi connectivity index (χ3n) is 3.66. The summed E-state index contributed by atoms with van der Waals surface area (Å²) in [4.78, 5) is 21.2. The average Bonchev–Trinajstić information content (AvgIpc) is 2.64. The van der Waals surface area contributed by atoms with E-state index in [-0.39, 0.29) is 19.5 Å². The molecule has 1 aromatic heterocycles. The third-order valence-corrected chi connectivity index (χ3v) is 3.66. The lowest BCUT2D eigenvalue weighted by Gasteiger charge is -2.29. The third kappa shape index (κ3) is 3.65. The Labute approximate surface area is 125 Å². The van der Waals surface area contributed by atoms with E-state index in [0.717, 1.165) is 0 Å². The van der Waals surface area contributed by atoms with Crippen LogP contribution in [0.2, 0.25) is 0 Å². The highest BCUT2D eigenvalue weighted by atomic mass is 19.4. The molecule has 1 aromatic rings. The van der Waals surface area contributed by atoms with Crippen molar-refractivity contribution < 1.29 is 23.1 Å². The van der Waals surface area contributed by atoms with Gasteiger partial charge in [0.15, 0.2) is 5.60 Å². The number of aryl methyl sites for hydroxylation is 1. The van der Waals surface area contributed by atoms with Gasteiger partial charge in [0.25, 0.3) is 0 Å². The summed E-state index contributed by atoms with van der Waals surface area (Å²) in [7, 11) is 0. The Morgan fingerprint density at radius 2 is 1.95 bits per heavy atom. The van der Waals surface area contributed by atoms with Crippen molar-refractivity contribution in [3.05, 3.63) is 18.2 Å². The smallest absolute Gasteiger partial charge is 0.380 e. The molecule has 0 aromatic carbocycles. The summed E-state index contributed by atoms with van der Waals surface area (Å²) < 4.78 is 38.5. The highest BCUT2D eigenvalue weighted by molar-refractivity contribution is 5.88. The van der Waals surface area contributed by atoms with Gasteiger partial charge in [-0.25, -0.2) is 14.8 Å². The normalized spacial score (nSPS) is 23.0. The zero-order chi connectivity index (χ0) is 16.4. The van der Waals surface area contributed by atoms with Crippen molar-refractivity contribution in [2.24, 2.45) is 0 Å². The lowest BCUT2D eigenvalue weighted by atomic mass is 9.94. The number of aromatic nitrogens is 2. The first kappa shape index (κ1) is 16.5. The van der Waals surface area contributed by atoms with Crippen molar-refractivity contribution in [3.63, 3.8) is 0 Å². The maximum absolute atomic E-state index is 12.8. The Morgan fingerprint density at radius 1 is 1.32 bits per heavy atom. The number of carbonyl (C=O) groups is 1. The summed E-state index contributed by atoms with van der Waals surface area (Å²) in [6.07, 6.45) is -2.71. The van der Waals surface area contributed by atoms with Crippen LogP contribution in [0.1, 0.15) is 25.1 Å². The highest BCUT2D eigenvalue weighted by Crippen LogP contribution is 2.38. The average molecular weight is 318 g/mol. The minimum absolute atomic E-state index is 0.0772. The first-order valence-corrected chi connectivity index (χ1v) is 6.85. The summed E-state index contributed by atoms with van der Waals surface area (Å²) in [5.74, 6) is 0.544. The molecule has 1 atom stereocenters. The van der Waals surface area contributed by atoms with Crippen molar-refractivity contribution in [3.8, 4) is 0 Å². The highest BCUT2D eigenvalue weighted by Gasteiger charge is 2.53. The van der Waals surface area contributed by atoms with Crippen LogP contribution in [0.15, 0.2) is 12.4 Å². The Balaban J connectivity index is 1.99. The number of halogens is 3. The molecule has 1 aliphatic rings. The number of amides is 2. The van der Waals surface area contributed by atoms with Crippen molar-refractivity contribution in [2.75, 3.05) is 18.4 Å². The SMILES string of the molecule is Cc1ncc(NC(=O)N2CCCC(O)(C(F)(F)F)CC2)cn1. The number of hydrogen-bond acceptors (Lipinski definition) is 4. The molecular formula is C13H17F3N4O2. The second kappa shape index (κ2) is 6.07. The molecule has 0 saturated carbocycles. The molecule has 0 radical (unpaired) electrons. The summed E-state index contributed by atoms with van der Waals surface area (Å²) in [5, 5.41) is 12.2. The molecule has 1 unspecified atom stereocenters. The second-order valence-electron chi connectivity index (χ2n) is 5.32. The van der Waals surface area contributed by atoms with Gasteiger partial charge in [-0.05, 0) is 19.8 Å². The van der Waals surface area contributed by atoms with Gasteiger partial charge < -0.3 is 15.3 Å². The molecule has 0 spiro atoms. The molecule has 1 saturated heterocycles. The summed E-state index contributed by atoms with van der Waals surface area (Å²) >= 11 is 0. The van der Waals surface area contributed by atoms with Crippen LogP contribution in [-0.2, 0) is 0 Å². The molecule has 2 rings (SSSR count). The van der Waals surface area contributed by atoms with Crippen LogP contribution < -0.4 is 5.32 Å². The monoisotopic (exact) mass is 318 g/mol. The molecule has 0 aliphatic carbocycles. The van der Waals surface area contributed by atoms with Crippen LogP contribution in [0.5, 0.6) is 0 Å². The standard InChI is InChI=1S/C13H17F3N4O2/c1-9-17-7-10(8-18-9)19-11(21)20-5-2-3-12(22,4-6-20)13(14,15)16/h7-8,22H,2-6H2,1H3,(H,19,21). The Hall–Kier alpha value is -1.90.